The number of ether oxygens (including phenoxy) is 1. The minimum atomic E-state index is -0.837. The lowest BCUT2D eigenvalue weighted by atomic mass is 10.1. The third-order valence-corrected chi connectivity index (χ3v) is 2.85. The van der Waals surface area contributed by atoms with Gasteiger partial charge in [0, 0.05) is 17.1 Å². The first-order valence-corrected chi connectivity index (χ1v) is 6.88. The highest BCUT2D eigenvalue weighted by Crippen LogP contribution is 2.18. The molecule has 116 valence electrons. The number of fused-ring (bicyclic) bond motifs is 1. The fraction of sp³-hybridized carbons (Fsp3) is 0.312. The first-order valence-electron chi connectivity index (χ1n) is 6.88. The van der Waals surface area contributed by atoms with E-state index in [9.17, 15) is 14.4 Å². The molecule has 1 amide bonds. The van der Waals surface area contributed by atoms with Crippen LogP contribution in [0.15, 0.2) is 30.5 Å². The standard InChI is InChI=1S/C16H18N2O4/c1-16(2,3)22-13(19)9-18-15(21)14(20)11-8-17-12-7-5-4-6-10(11)12/h4-8,17H,9H2,1-3H3,(H,18,21). The van der Waals surface area contributed by atoms with E-state index in [0.717, 1.165) is 5.52 Å². The molecular weight excluding hydrogens is 284 g/mol. The van der Waals surface area contributed by atoms with E-state index in [1.807, 2.05) is 12.1 Å². The summed E-state index contributed by atoms with van der Waals surface area (Å²) < 4.78 is 5.06. The van der Waals surface area contributed by atoms with Gasteiger partial charge in [-0.25, -0.2) is 0 Å². The maximum absolute atomic E-state index is 12.1. The third-order valence-electron chi connectivity index (χ3n) is 2.85. The van der Waals surface area contributed by atoms with Gasteiger partial charge in [0.05, 0.1) is 5.56 Å². The number of hydrogen-bond acceptors (Lipinski definition) is 4. The average molecular weight is 302 g/mol. The van der Waals surface area contributed by atoms with Crippen molar-refractivity contribution >= 4 is 28.6 Å². The normalized spacial score (nSPS) is 11.2. The second-order valence-corrected chi connectivity index (χ2v) is 5.85. The monoisotopic (exact) mass is 302 g/mol. The molecule has 1 aromatic carbocycles. The predicted octanol–water partition coefficient (Wildman–Crippen LogP) is 1.81. The van der Waals surface area contributed by atoms with E-state index in [1.54, 1.807) is 32.9 Å². The Morgan fingerprint density at radius 3 is 2.55 bits per heavy atom. The summed E-state index contributed by atoms with van der Waals surface area (Å²) in [5, 5.41) is 2.95. The van der Waals surface area contributed by atoms with Crippen LogP contribution in [0.3, 0.4) is 0 Å². The number of aromatic amines is 1. The number of amides is 1. The van der Waals surface area contributed by atoms with Crippen LogP contribution in [0.5, 0.6) is 0 Å². The summed E-state index contributed by atoms with van der Waals surface area (Å²) in [7, 11) is 0. The second-order valence-electron chi connectivity index (χ2n) is 5.85. The van der Waals surface area contributed by atoms with Gasteiger partial charge >= 0.3 is 5.97 Å². The van der Waals surface area contributed by atoms with E-state index in [0.29, 0.717) is 5.39 Å². The van der Waals surface area contributed by atoms with Crippen molar-refractivity contribution in [2.24, 2.45) is 0 Å². The Hall–Kier alpha value is -2.63. The van der Waals surface area contributed by atoms with Crippen LogP contribution in [-0.2, 0) is 14.3 Å². The van der Waals surface area contributed by atoms with Crippen LogP contribution in [0, 0.1) is 0 Å². The van der Waals surface area contributed by atoms with Gasteiger partial charge in [-0.05, 0) is 26.8 Å². The van der Waals surface area contributed by atoms with Crippen molar-refractivity contribution in [3.8, 4) is 0 Å². The summed E-state index contributed by atoms with van der Waals surface area (Å²) in [6.45, 7) is 4.83. The Morgan fingerprint density at radius 1 is 1.18 bits per heavy atom. The predicted molar refractivity (Wildman–Crippen MR) is 81.5 cm³/mol. The number of H-pyrrole nitrogens is 1. The average Bonchev–Trinajstić information content (AvgIpc) is 2.86. The molecule has 0 atom stereocenters. The van der Waals surface area contributed by atoms with Gasteiger partial charge in [-0.2, -0.15) is 0 Å². The number of benzene rings is 1. The zero-order chi connectivity index (χ0) is 16.3. The van der Waals surface area contributed by atoms with Crippen molar-refractivity contribution < 1.29 is 19.1 Å². The summed E-state index contributed by atoms with van der Waals surface area (Å²) in [6.07, 6.45) is 1.49. The number of hydrogen-bond donors (Lipinski definition) is 2. The summed E-state index contributed by atoms with van der Waals surface area (Å²) in [4.78, 5) is 38.5. The largest absolute Gasteiger partial charge is 0.459 e. The number of esters is 1. The van der Waals surface area contributed by atoms with Gasteiger partial charge in [-0.1, -0.05) is 18.2 Å². The smallest absolute Gasteiger partial charge is 0.325 e. The van der Waals surface area contributed by atoms with Gasteiger partial charge < -0.3 is 15.0 Å². The molecule has 0 aliphatic rings. The zero-order valence-corrected chi connectivity index (χ0v) is 12.7. The Bertz CT molecular complexity index is 725. The highest BCUT2D eigenvalue weighted by atomic mass is 16.6. The second kappa shape index (κ2) is 6.01. The van der Waals surface area contributed by atoms with Gasteiger partial charge in [-0.15, -0.1) is 0 Å². The molecule has 0 saturated heterocycles. The van der Waals surface area contributed by atoms with Crippen molar-refractivity contribution in [3.63, 3.8) is 0 Å². The molecule has 0 saturated carbocycles. The number of Topliss-reactive ketones (excluding diaryl/α,β-unsaturated/α-hetero) is 1. The maximum Gasteiger partial charge on any atom is 0.325 e. The molecule has 22 heavy (non-hydrogen) atoms. The molecule has 2 N–H and O–H groups in total. The molecule has 1 heterocycles. The summed E-state index contributed by atoms with van der Waals surface area (Å²) in [5.41, 5.74) is 0.408. The number of nitrogens with one attached hydrogen (secondary N) is 2. The lowest BCUT2D eigenvalue weighted by Crippen LogP contribution is -2.37. The van der Waals surface area contributed by atoms with E-state index >= 15 is 0 Å². The first-order chi connectivity index (χ1) is 10.3. The van der Waals surface area contributed by atoms with E-state index in [2.05, 4.69) is 10.3 Å². The van der Waals surface area contributed by atoms with Crippen LogP contribution in [0.4, 0.5) is 0 Å². The van der Waals surface area contributed by atoms with Crippen LogP contribution >= 0.6 is 0 Å². The van der Waals surface area contributed by atoms with Crippen LogP contribution in [0.25, 0.3) is 10.9 Å². The van der Waals surface area contributed by atoms with Crippen molar-refractivity contribution in [2.75, 3.05) is 6.54 Å². The van der Waals surface area contributed by atoms with Gasteiger partial charge in [0.25, 0.3) is 11.7 Å². The molecule has 0 radical (unpaired) electrons. The molecule has 0 fully saturated rings. The van der Waals surface area contributed by atoms with E-state index in [4.69, 9.17) is 4.74 Å². The quantitative estimate of drug-likeness (QED) is 0.512. The summed E-state index contributed by atoms with van der Waals surface area (Å²) >= 11 is 0. The Morgan fingerprint density at radius 2 is 1.86 bits per heavy atom. The minimum absolute atomic E-state index is 0.275. The molecule has 0 aliphatic heterocycles. The van der Waals surface area contributed by atoms with Gasteiger partial charge in [0.1, 0.15) is 12.1 Å². The van der Waals surface area contributed by atoms with Crippen molar-refractivity contribution in [3.05, 3.63) is 36.0 Å². The lowest BCUT2D eigenvalue weighted by molar-refractivity contribution is -0.154. The third kappa shape index (κ3) is 3.72. The lowest BCUT2D eigenvalue weighted by Gasteiger charge is -2.19. The number of rotatable bonds is 4. The highest BCUT2D eigenvalue weighted by Gasteiger charge is 2.22. The number of para-hydroxylation sites is 1. The molecule has 0 unspecified atom stereocenters. The topological polar surface area (TPSA) is 88.3 Å². The highest BCUT2D eigenvalue weighted by molar-refractivity contribution is 6.45. The fourth-order valence-electron chi connectivity index (χ4n) is 1.99. The van der Waals surface area contributed by atoms with Crippen LogP contribution in [0.2, 0.25) is 0 Å². The number of carbonyl (C=O) groups excluding carboxylic acids is 3. The molecule has 2 aromatic rings. The van der Waals surface area contributed by atoms with Crippen molar-refractivity contribution in [1.29, 1.82) is 0 Å². The Kier molecular flexibility index (Phi) is 4.30. The fourth-order valence-corrected chi connectivity index (χ4v) is 1.99. The SMILES string of the molecule is CC(C)(C)OC(=O)CNC(=O)C(=O)c1c[nH]c2ccccc12. The molecule has 0 spiro atoms. The van der Waals surface area contributed by atoms with Gasteiger partial charge in [-0.3, -0.25) is 14.4 Å². The minimum Gasteiger partial charge on any atom is -0.459 e. The first kappa shape index (κ1) is 15.8. The molecule has 0 aliphatic carbocycles. The van der Waals surface area contributed by atoms with Crippen LogP contribution in [-0.4, -0.2) is 34.8 Å². The summed E-state index contributed by atoms with van der Waals surface area (Å²) in [6, 6.07) is 7.17. The molecule has 6 nitrogen and oxygen atoms in total. The molecule has 0 bridgehead atoms. The van der Waals surface area contributed by atoms with Crippen molar-refractivity contribution in [2.45, 2.75) is 26.4 Å². The van der Waals surface area contributed by atoms with E-state index < -0.39 is 23.3 Å². The molecule has 1 aromatic heterocycles. The Balaban J connectivity index is 2.01. The van der Waals surface area contributed by atoms with Gasteiger partial charge in [0.2, 0.25) is 0 Å². The molecular formula is C16H18N2O4. The Labute approximate surface area is 127 Å². The van der Waals surface area contributed by atoms with Crippen molar-refractivity contribution in [1.82, 2.24) is 10.3 Å². The van der Waals surface area contributed by atoms with E-state index in [-0.39, 0.29) is 12.1 Å². The van der Waals surface area contributed by atoms with Gasteiger partial charge in [0.15, 0.2) is 0 Å². The maximum atomic E-state index is 12.1. The molecule has 6 heteroatoms. The van der Waals surface area contributed by atoms with Crippen LogP contribution in [0.1, 0.15) is 31.1 Å². The summed E-state index contributed by atoms with van der Waals surface area (Å²) in [5.74, 6) is -2.12. The zero-order valence-electron chi connectivity index (χ0n) is 12.7. The van der Waals surface area contributed by atoms with Crippen LogP contribution < -0.4 is 5.32 Å². The molecule has 2 rings (SSSR count). The number of ketones is 1. The number of aromatic nitrogens is 1. The number of carbonyl (C=O) groups is 3. The van der Waals surface area contributed by atoms with E-state index in [1.165, 1.54) is 6.20 Å².